The summed E-state index contributed by atoms with van der Waals surface area (Å²) >= 11 is 1.26. The number of amides is 1. The van der Waals surface area contributed by atoms with Gasteiger partial charge >= 0.3 is 5.91 Å². The summed E-state index contributed by atoms with van der Waals surface area (Å²) in [7, 11) is 4.62. The van der Waals surface area contributed by atoms with Crippen LogP contribution in [0, 0.1) is 0 Å². The van der Waals surface area contributed by atoms with E-state index in [9.17, 15) is 14.7 Å². The van der Waals surface area contributed by atoms with Crippen molar-refractivity contribution in [2.45, 2.75) is 6.04 Å². The number of aliphatic hydroxyl groups excluding tert-OH is 1. The van der Waals surface area contributed by atoms with Crippen molar-refractivity contribution >= 4 is 44.1 Å². The lowest BCUT2D eigenvalue weighted by Gasteiger charge is -2.24. The second-order valence-corrected chi connectivity index (χ2v) is 8.98. The third kappa shape index (κ3) is 3.83. The van der Waals surface area contributed by atoms with Crippen molar-refractivity contribution in [2.75, 3.05) is 26.2 Å². The van der Waals surface area contributed by atoms with Crippen molar-refractivity contribution in [3.8, 4) is 17.2 Å². The van der Waals surface area contributed by atoms with Crippen LogP contribution in [-0.2, 0) is 9.59 Å². The number of benzene rings is 3. The fourth-order valence-corrected chi connectivity index (χ4v) is 5.26. The van der Waals surface area contributed by atoms with E-state index < -0.39 is 17.7 Å². The van der Waals surface area contributed by atoms with Crippen molar-refractivity contribution < 1.29 is 28.9 Å². The van der Waals surface area contributed by atoms with Gasteiger partial charge in [0, 0.05) is 11.1 Å². The van der Waals surface area contributed by atoms with Crippen molar-refractivity contribution in [1.29, 1.82) is 0 Å². The second kappa shape index (κ2) is 9.35. The fraction of sp³-hybridized carbons (Fsp3) is 0.148. The molecule has 8 nitrogen and oxygen atoms in total. The molecular weight excluding hydrogens is 480 g/mol. The Morgan fingerprint density at radius 1 is 0.917 bits per heavy atom. The number of ether oxygens (including phenoxy) is 3. The quantitative estimate of drug-likeness (QED) is 0.226. The molecule has 1 saturated heterocycles. The number of carbonyl (C=O) groups is 2. The summed E-state index contributed by atoms with van der Waals surface area (Å²) in [6.45, 7) is 0. The van der Waals surface area contributed by atoms with E-state index in [1.807, 2.05) is 6.07 Å². The standard InChI is InChI=1S/C27H22N2O6S/c1-33-16-10-8-15(9-11-16)24(30)22-23(18-6-4-5-7-20(18)35-3)29(26(32)25(22)31)27-28-19-13-12-17(34-2)14-21(19)36-27/h4-14,23,30H,1-3H3/b24-22+. The summed E-state index contributed by atoms with van der Waals surface area (Å²) in [6, 6.07) is 18.1. The summed E-state index contributed by atoms with van der Waals surface area (Å²) in [5.74, 6) is -0.170. The summed E-state index contributed by atoms with van der Waals surface area (Å²) in [5, 5.41) is 11.6. The molecule has 1 N–H and O–H groups in total. The molecular formula is C27H22N2O6S. The molecule has 36 heavy (non-hydrogen) atoms. The van der Waals surface area contributed by atoms with Gasteiger partial charge < -0.3 is 19.3 Å². The van der Waals surface area contributed by atoms with Gasteiger partial charge in [-0.05, 0) is 48.5 Å². The van der Waals surface area contributed by atoms with Gasteiger partial charge in [0.2, 0.25) is 0 Å². The maximum absolute atomic E-state index is 13.4. The van der Waals surface area contributed by atoms with Crippen LogP contribution in [0.2, 0.25) is 0 Å². The molecule has 1 aromatic heterocycles. The topological polar surface area (TPSA) is 98.2 Å². The number of ketones is 1. The average Bonchev–Trinajstić information content (AvgIpc) is 3.45. The Kier molecular flexibility index (Phi) is 6.07. The molecule has 0 bridgehead atoms. The fourth-order valence-electron chi connectivity index (χ4n) is 4.24. The molecule has 1 amide bonds. The normalized spacial score (nSPS) is 17.0. The van der Waals surface area contributed by atoms with Crippen molar-refractivity contribution in [1.82, 2.24) is 4.98 Å². The van der Waals surface area contributed by atoms with Crippen LogP contribution in [0.1, 0.15) is 17.2 Å². The van der Waals surface area contributed by atoms with Gasteiger partial charge in [-0.15, -0.1) is 0 Å². The highest BCUT2D eigenvalue weighted by molar-refractivity contribution is 7.22. The highest BCUT2D eigenvalue weighted by Crippen LogP contribution is 2.46. The number of anilines is 1. The number of Topliss-reactive ketones (excluding diaryl/α,β-unsaturated/α-hetero) is 1. The van der Waals surface area contributed by atoms with Crippen LogP contribution in [0.25, 0.3) is 16.0 Å². The van der Waals surface area contributed by atoms with Gasteiger partial charge in [-0.2, -0.15) is 0 Å². The molecule has 1 atom stereocenters. The molecule has 1 unspecified atom stereocenters. The van der Waals surface area contributed by atoms with E-state index in [1.165, 1.54) is 30.5 Å². The Hall–Kier alpha value is -4.37. The van der Waals surface area contributed by atoms with Crippen molar-refractivity contribution in [2.24, 2.45) is 0 Å². The Labute approximate surface area is 211 Å². The third-order valence-electron chi connectivity index (χ3n) is 6.03. The Bertz CT molecular complexity index is 1510. The molecule has 9 heteroatoms. The van der Waals surface area contributed by atoms with Gasteiger partial charge in [-0.3, -0.25) is 14.5 Å². The summed E-state index contributed by atoms with van der Waals surface area (Å²) < 4.78 is 16.9. The number of aromatic nitrogens is 1. The zero-order valence-corrected chi connectivity index (χ0v) is 20.5. The smallest absolute Gasteiger partial charge is 0.301 e. The van der Waals surface area contributed by atoms with Crippen molar-refractivity contribution in [3.63, 3.8) is 0 Å². The number of nitrogens with zero attached hydrogens (tertiary/aromatic N) is 2. The molecule has 0 aliphatic carbocycles. The molecule has 0 spiro atoms. The molecule has 1 aliphatic rings. The summed E-state index contributed by atoms with van der Waals surface area (Å²) in [5.41, 5.74) is 1.53. The predicted octanol–water partition coefficient (Wildman–Crippen LogP) is 4.95. The molecule has 182 valence electrons. The van der Waals surface area contributed by atoms with E-state index >= 15 is 0 Å². The number of hydrogen-bond donors (Lipinski definition) is 1. The van der Waals surface area contributed by atoms with E-state index in [4.69, 9.17) is 14.2 Å². The van der Waals surface area contributed by atoms with Gasteiger partial charge in [0.05, 0.1) is 37.1 Å². The van der Waals surface area contributed by atoms with Crippen molar-refractivity contribution in [3.05, 3.63) is 83.4 Å². The Morgan fingerprint density at radius 3 is 2.31 bits per heavy atom. The molecule has 5 rings (SSSR count). The summed E-state index contributed by atoms with van der Waals surface area (Å²) in [6.07, 6.45) is 0. The number of thiazole rings is 1. The zero-order valence-electron chi connectivity index (χ0n) is 19.7. The number of fused-ring (bicyclic) bond motifs is 1. The number of para-hydroxylation sites is 1. The number of aliphatic hydroxyl groups is 1. The summed E-state index contributed by atoms with van der Waals surface area (Å²) in [4.78, 5) is 32.8. The minimum atomic E-state index is -0.953. The van der Waals surface area contributed by atoms with Crippen LogP contribution in [0.4, 0.5) is 5.13 Å². The highest BCUT2D eigenvalue weighted by Gasteiger charge is 2.49. The molecule has 0 saturated carbocycles. The van der Waals surface area contributed by atoms with Gasteiger partial charge in [-0.1, -0.05) is 29.5 Å². The molecule has 3 aromatic carbocycles. The zero-order chi connectivity index (χ0) is 25.4. The lowest BCUT2D eigenvalue weighted by atomic mass is 9.94. The van der Waals surface area contributed by atoms with E-state index in [1.54, 1.807) is 67.8 Å². The second-order valence-electron chi connectivity index (χ2n) is 7.97. The van der Waals surface area contributed by atoms with Crippen LogP contribution in [0.5, 0.6) is 17.2 Å². The lowest BCUT2D eigenvalue weighted by molar-refractivity contribution is -0.132. The third-order valence-corrected chi connectivity index (χ3v) is 7.05. The Balaban J connectivity index is 1.73. The number of methoxy groups -OCH3 is 3. The van der Waals surface area contributed by atoms with Gasteiger partial charge in [0.15, 0.2) is 5.13 Å². The molecule has 4 aromatic rings. The maximum Gasteiger partial charge on any atom is 0.301 e. The average molecular weight is 503 g/mol. The van der Waals surface area contributed by atoms with E-state index in [-0.39, 0.29) is 11.3 Å². The lowest BCUT2D eigenvalue weighted by Crippen LogP contribution is -2.29. The minimum Gasteiger partial charge on any atom is -0.507 e. The number of rotatable bonds is 6. The number of carbonyl (C=O) groups excluding carboxylic acids is 2. The first-order chi connectivity index (χ1) is 17.5. The van der Waals surface area contributed by atoms with Gasteiger partial charge in [0.1, 0.15) is 29.0 Å². The van der Waals surface area contributed by atoms with E-state index in [2.05, 4.69) is 4.98 Å². The largest absolute Gasteiger partial charge is 0.507 e. The molecule has 2 heterocycles. The maximum atomic E-state index is 13.4. The van der Waals surface area contributed by atoms with E-state index in [0.29, 0.717) is 39.0 Å². The first-order valence-electron chi connectivity index (χ1n) is 11.0. The van der Waals surface area contributed by atoms with Crippen LogP contribution in [0.15, 0.2) is 72.3 Å². The van der Waals surface area contributed by atoms with Crippen LogP contribution >= 0.6 is 11.3 Å². The first kappa shape index (κ1) is 23.4. The highest BCUT2D eigenvalue weighted by atomic mass is 32.1. The monoisotopic (exact) mass is 502 g/mol. The molecule has 1 fully saturated rings. The van der Waals surface area contributed by atoms with Crippen LogP contribution < -0.4 is 19.1 Å². The first-order valence-corrected chi connectivity index (χ1v) is 11.8. The van der Waals surface area contributed by atoms with Gasteiger partial charge in [0.25, 0.3) is 5.78 Å². The van der Waals surface area contributed by atoms with E-state index in [0.717, 1.165) is 4.70 Å². The van der Waals surface area contributed by atoms with Crippen LogP contribution in [-0.4, -0.2) is 43.1 Å². The SMILES string of the molecule is COc1ccc(/C(O)=C2\C(=O)C(=O)N(c3nc4ccc(OC)cc4s3)C2c2ccccc2OC)cc1. The number of hydrogen-bond acceptors (Lipinski definition) is 8. The van der Waals surface area contributed by atoms with Crippen LogP contribution in [0.3, 0.4) is 0 Å². The predicted molar refractivity (Wildman–Crippen MR) is 137 cm³/mol. The minimum absolute atomic E-state index is 0.0495. The molecule has 0 radical (unpaired) electrons. The molecule has 1 aliphatic heterocycles. The van der Waals surface area contributed by atoms with Gasteiger partial charge in [-0.25, -0.2) is 4.98 Å². The Morgan fingerprint density at radius 2 is 1.61 bits per heavy atom.